The fourth-order valence-electron chi connectivity index (χ4n) is 5.77. The lowest BCUT2D eigenvalue weighted by molar-refractivity contribution is -0.135. The summed E-state index contributed by atoms with van der Waals surface area (Å²) in [6, 6.07) is 5.54. The van der Waals surface area contributed by atoms with E-state index in [-0.39, 0.29) is 24.1 Å². The van der Waals surface area contributed by atoms with Crippen LogP contribution in [0.25, 0.3) is 11.0 Å². The first-order valence-corrected chi connectivity index (χ1v) is 13.2. The van der Waals surface area contributed by atoms with E-state index in [2.05, 4.69) is 15.1 Å². The van der Waals surface area contributed by atoms with Gasteiger partial charge in [0.15, 0.2) is 0 Å². The highest BCUT2D eigenvalue weighted by Gasteiger charge is 2.31. The first-order valence-electron chi connectivity index (χ1n) is 13.2. The molecule has 3 aliphatic heterocycles. The number of imidazole rings is 1. The van der Waals surface area contributed by atoms with E-state index in [1.807, 2.05) is 25.2 Å². The number of aromatic nitrogens is 2. The van der Waals surface area contributed by atoms with Gasteiger partial charge >= 0.3 is 11.8 Å². The first kappa shape index (κ1) is 25.3. The predicted octanol–water partition coefficient (Wildman–Crippen LogP) is 1.80. The average Bonchev–Trinajstić information content (AvgIpc) is 3.16. The fraction of sp³-hybridized carbons (Fsp3) is 0.615. The Morgan fingerprint density at radius 3 is 2.46 bits per heavy atom. The molecule has 200 valence electrons. The van der Waals surface area contributed by atoms with Crippen molar-refractivity contribution < 1.29 is 19.1 Å². The van der Waals surface area contributed by atoms with Gasteiger partial charge in [0.1, 0.15) is 12.8 Å². The number of ether oxygens (including phenoxy) is 1. The summed E-state index contributed by atoms with van der Waals surface area (Å²) >= 11 is 0. The molecule has 37 heavy (non-hydrogen) atoms. The standard InChI is InChI=1S/C26H36N6O5/c1-28(17-37-26(36)31-12-4-3-5-13-31)18-10-14-30(15-11-18)19-6-7-20-22(16-19)29(2)25(35)32(20)21-8-9-23(33)27-24(21)34/h6-7,16,18,21H,3-5,8-15,17H2,1-2H3,(H,27,33,34). The second kappa shape index (κ2) is 10.6. The highest BCUT2D eigenvalue weighted by molar-refractivity contribution is 6.00. The van der Waals surface area contributed by atoms with Gasteiger partial charge in [-0.15, -0.1) is 0 Å². The summed E-state index contributed by atoms with van der Waals surface area (Å²) in [7, 11) is 3.71. The van der Waals surface area contributed by atoms with E-state index in [1.54, 1.807) is 16.5 Å². The molecule has 1 N–H and O–H groups in total. The number of fused-ring (bicyclic) bond motifs is 1. The van der Waals surface area contributed by atoms with Crippen molar-refractivity contribution in [2.75, 3.05) is 44.9 Å². The van der Waals surface area contributed by atoms with E-state index in [4.69, 9.17) is 4.74 Å². The highest BCUT2D eigenvalue weighted by atomic mass is 16.6. The number of nitrogens with one attached hydrogen (secondary N) is 1. The van der Waals surface area contributed by atoms with E-state index < -0.39 is 11.9 Å². The van der Waals surface area contributed by atoms with Crippen LogP contribution in [0.15, 0.2) is 23.0 Å². The van der Waals surface area contributed by atoms with Crippen molar-refractivity contribution in [1.82, 2.24) is 24.3 Å². The Hall–Kier alpha value is -3.34. The molecule has 0 saturated carbocycles. The van der Waals surface area contributed by atoms with Crippen molar-refractivity contribution in [2.24, 2.45) is 7.05 Å². The summed E-state index contributed by atoms with van der Waals surface area (Å²) in [6.07, 6.45) is 5.47. The second-order valence-corrected chi connectivity index (χ2v) is 10.4. The minimum absolute atomic E-state index is 0.216. The Morgan fingerprint density at radius 2 is 1.76 bits per heavy atom. The fourth-order valence-corrected chi connectivity index (χ4v) is 5.77. The number of nitrogens with zero attached hydrogens (tertiary/aromatic N) is 5. The third-order valence-electron chi connectivity index (χ3n) is 8.05. The van der Waals surface area contributed by atoms with Crippen LogP contribution in [-0.4, -0.2) is 82.8 Å². The Morgan fingerprint density at radius 1 is 1.03 bits per heavy atom. The maximum Gasteiger partial charge on any atom is 0.411 e. The lowest BCUT2D eigenvalue weighted by Gasteiger charge is -2.38. The molecule has 11 heteroatoms. The van der Waals surface area contributed by atoms with Crippen LogP contribution in [0.4, 0.5) is 10.5 Å². The Kier molecular flexibility index (Phi) is 7.23. The van der Waals surface area contributed by atoms with Gasteiger partial charge in [-0.2, -0.15) is 0 Å². The van der Waals surface area contributed by atoms with Crippen LogP contribution < -0.4 is 15.9 Å². The summed E-state index contributed by atoms with van der Waals surface area (Å²) in [4.78, 5) is 55.6. The first-order chi connectivity index (χ1) is 17.8. The van der Waals surface area contributed by atoms with Gasteiger partial charge in [-0.1, -0.05) is 0 Å². The smallest absolute Gasteiger partial charge is 0.411 e. The van der Waals surface area contributed by atoms with Crippen LogP contribution in [0, 0.1) is 0 Å². The second-order valence-electron chi connectivity index (χ2n) is 10.4. The monoisotopic (exact) mass is 512 g/mol. The number of amides is 3. The van der Waals surface area contributed by atoms with Gasteiger partial charge in [-0.25, -0.2) is 9.59 Å². The molecule has 3 saturated heterocycles. The van der Waals surface area contributed by atoms with E-state index in [0.29, 0.717) is 24.7 Å². The van der Waals surface area contributed by atoms with Gasteiger partial charge in [0.2, 0.25) is 11.8 Å². The zero-order valence-corrected chi connectivity index (χ0v) is 21.6. The van der Waals surface area contributed by atoms with Gasteiger partial charge < -0.3 is 14.5 Å². The predicted molar refractivity (Wildman–Crippen MR) is 138 cm³/mol. The molecule has 1 aromatic heterocycles. The number of aryl methyl sites for hydroxylation is 1. The van der Waals surface area contributed by atoms with Crippen molar-refractivity contribution >= 4 is 34.6 Å². The van der Waals surface area contributed by atoms with Gasteiger partial charge in [-0.3, -0.25) is 28.9 Å². The van der Waals surface area contributed by atoms with Crippen LogP contribution >= 0.6 is 0 Å². The van der Waals surface area contributed by atoms with E-state index >= 15 is 0 Å². The lowest BCUT2D eigenvalue weighted by atomic mass is 10.0. The van der Waals surface area contributed by atoms with Crippen molar-refractivity contribution in [3.05, 3.63) is 28.7 Å². The average molecular weight is 513 g/mol. The van der Waals surface area contributed by atoms with Gasteiger partial charge in [-0.05, 0) is 63.8 Å². The quantitative estimate of drug-likeness (QED) is 0.481. The Balaban J connectivity index is 1.22. The Labute approximate surface area is 215 Å². The highest BCUT2D eigenvalue weighted by Crippen LogP contribution is 2.28. The topological polar surface area (TPSA) is 109 Å². The third-order valence-corrected chi connectivity index (χ3v) is 8.05. The normalized spacial score (nSPS) is 21.5. The van der Waals surface area contributed by atoms with E-state index in [1.165, 1.54) is 11.0 Å². The number of likely N-dealkylation sites (tertiary alicyclic amines) is 1. The minimum atomic E-state index is -0.685. The molecule has 3 aliphatic rings. The van der Waals surface area contributed by atoms with Crippen LogP contribution in [0.1, 0.15) is 51.0 Å². The number of carbonyl (C=O) groups excluding carboxylic acids is 3. The summed E-state index contributed by atoms with van der Waals surface area (Å²) in [6.45, 7) is 3.56. The maximum absolute atomic E-state index is 13.0. The van der Waals surface area contributed by atoms with Crippen molar-refractivity contribution in [3.63, 3.8) is 0 Å². The number of imide groups is 1. The molecule has 1 unspecified atom stereocenters. The van der Waals surface area contributed by atoms with Gasteiger partial charge in [0.05, 0.1) is 11.0 Å². The summed E-state index contributed by atoms with van der Waals surface area (Å²) < 4.78 is 8.64. The summed E-state index contributed by atoms with van der Waals surface area (Å²) in [5.74, 6) is -0.728. The molecule has 2 aromatic rings. The third kappa shape index (κ3) is 5.09. The van der Waals surface area contributed by atoms with Gasteiger partial charge in [0, 0.05) is 51.4 Å². The van der Waals surface area contributed by atoms with Crippen LogP contribution in [0.5, 0.6) is 0 Å². The van der Waals surface area contributed by atoms with Crippen LogP contribution in [0.3, 0.4) is 0 Å². The SMILES string of the molecule is CN(COC(=O)N1CCCCC1)C1CCN(c2ccc3c(c2)n(C)c(=O)n3C2CCC(=O)NC2=O)CC1. The Bertz CT molecular complexity index is 1240. The molecule has 11 nitrogen and oxygen atoms in total. The van der Waals surface area contributed by atoms with Crippen molar-refractivity contribution in [3.8, 4) is 0 Å². The zero-order chi connectivity index (χ0) is 26.1. The minimum Gasteiger partial charge on any atom is -0.433 e. The summed E-state index contributed by atoms with van der Waals surface area (Å²) in [5.41, 5.74) is 2.22. The molecule has 0 radical (unpaired) electrons. The number of hydrogen-bond donors (Lipinski definition) is 1. The molecule has 1 aromatic carbocycles. The van der Waals surface area contributed by atoms with Crippen molar-refractivity contribution in [1.29, 1.82) is 0 Å². The molecular formula is C26H36N6O5. The molecule has 4 heterocycles. The number of piperidine rings is 3. The zero-order valence-electron chi connectivity index (χ0n) is 21.6. The molecular weight excluding hydrogens is 476 g/mol. The number of carbonyl (C=O) groups is 3. The van der Waals surface area contributed by atoms with E-state index in [9.17, 15) is 19.2 Å². The molecule has 5 rings (SSSR count). The summed E-state index contributed by atoms with van der Waals surface area (Å²) in [5, 5.41) is 2.35. The molecule has 0 aliphatic carbocycles. The van der Waals surface area contributed by atoms with Gasteiger partial charge in [0.25, 0.3) is 0 Å². The molecule has 0 bridgehead atoms. The molecule has 3 fully saturated rings. The maximum atomic E-state index is 13.0. The number of anilines is 1. The lowest BCUT2D eigenvalue weighted by Crippen LogP contribution is -2.45. The van der Waals surface area contributed by atoms with Crippen LogP contribution in [0.2, 0.25) is 0 Å². The van der Waals surface area contributed by atoms with E-state index in [0.717, 1.165) is 63.1 Å². The molecule has 0 spiro atoms. The molecule has 3 amide bonds. The van der Waals surface area contributed by atoms with Crippen molar-refractivity contribution in [2.45, 2.75) is 57.0 Å². The molecule has 1 atom stereocenters. The number of rotatable bonds is 5. The number of benzene rings is 1. The largest absolute Gasteiger partial charge is 0.433 e. The van der Waals surface area contributed by atoms with Crippen LogP contribution in [-0.2, 0) is 21.4 Å². The number of hydrogen-bond acceptors (Lipinski definition) is 7.